The van der Waals surface area contributed by atoms with Gasteiger partial charge >= 0.3 is 5.97 Å². The highest BCUT2D eigenvalue weighted by atomic mass is 28.4. The van der Waals surface area contributed by atoms with Crippen molar-refractivity contribution in [2.24, 2.45) is 0 Å². The van der Waals surface area contributed by atoms with Crippen LogP contribution < -0.4 is 0 Å². The molecule has 0 saturated carbocycles. The van der Waals surface area contributed by atoms with Gasteiger partial charge in [-0.25, -0.2) is 4.79 Å². The SMILES string of the molecule is C=C(C)C(=O)OCC(O)COCCC[SiH2]C(O[Si](C)(C)C)O[Si](C)(C)C. The Bertz CT molecular complexity index is 415. The lowest BCUT2D eigenvalue weighted by Crippen LogP contribution is -2.43. The predicted octanol–water partition coefficient (Wildman–Crippen LogP) is 2.45. The predicted molar refractivity (Wildman–Crippen MR) is 113 cm³/mol. The van der Waals surface area contributed by atoms with E-state index in [1.807, 2.05) is 0 Å². The fourth-order valence-electron chi connectivity index (χ4n) is 2.01. The highest BCUT2D eigenvalue weighted by Gasteiger charge is 2.26. The second-order valence-electron chi connectivity index (χ2n) is 8.49. The monoisotopic (exact) mass is 422 g/mol. The zero-order valence-corrected chi connectivity index (χ0v) is 21.0. The van der Waals surface area contributed by atoms with Crippen LogP contribution >= 0.6 is 0 Å². The zero-order chi connectivity index (χ0) is 20.4. The van der Waals surface area contributed by atoms with E-state index >= 15 is 0 Å². The molecule has 0 aromatic rings. The van der Waals surface area contributed by atoms with Crippen LogP contribution in [0.2, 0.25) is 45.3 Å². The molecule has 0 rings (SSSR count). The van der Waals surface area contributed by atoms with Crippen LogP contribution in [0, 0.1) is 0 Å². The Kier molecular flexibility index (Phi) is 12.1. The number of hydrogen-bond acceptors (Lipinski definition) is 6. The summed E-state index contributed by atoms with van der Waals surface area (Å²) in [5, 5.41) is 9.73. The summed E-state index contributed by atoms with van der Waals surface area (Å²) in [4.78, 5) is 11.2. The Balaban J connectivity index is 3.96. The summed E-state index contributed by atoms with van der Waals surface area (Å²) in [6.45, 7) is 18.8. The minimum Gasteiger partial charge on any atom is -0.460 e. The molecule has 6 nitrogen and oxygen atoms in total. The lowest BCUT2D eigenvalue weighted by atomic mass is 10.3. The van der Waals surface area contributed by atoms with Crippen molar-refractivity contribution in [1.29, 1.82) is 0 Å². The number of aliphatic hydroxyl groups is 1. The van der Waals surface area contributed by atoms with Crippen LogP contribution in [0.3, 0.4) is 0 Å². The summed E-state index contributed by atoms with van der Waals surface area (Å²) in [6.07, 6.45) is 0.110. The molecule has 0 radical (unpaired) electrons. The van der Waals surface area contributed by atoms with Crippen molar-refractivity contribution in [2.45, 2.75) is 70.7 Å². The molecule has 0 aromatic heterocycles. The Hall–Kier alpha value is -0.299. The number of rotatable bonds is 14. The van der Waals surface area contributed by atoms with Crippen molar-refractivity contribution in [3.05, 3.63) is 12.2 Å². The number of carbonyl (C=O) groups is 1. The van der Waals surface area contributed by atoms with Crippen molar-refractivity contribution >= 4 is 32.1 Å². The Morgan fingerprint density at radius 1 is 1.08 bits per heavy atom. The van der Waals surface area contributed by atoms with E-state index in [-0.39, 0.29) is 19.1 Å². The van der Waals surface area contributed by atoms with E-state index in [9.17, 15) is 9.90 Å². The topological polar surface area (TPSA) is 74.2 Å². The highest BCUT2D eigenvalue weighted by molar-refractivity contribution is 6.71. The van der Waals surface area contributed by atoms with Gasteiger partial charge in [0.25, 0.3) is 0 Å². The summed E-state index contributed by atoms with van der Waals surface area (Å²) >= 11 is 0. The number of ether oxygens (including phenoxy) is 2. The van der Waals surface area contributed by atoms with E-state index in [4.69, 9.17) is 18.3 Å². The molecule has 0 heterocycles. The summed E-state index contributed by atoms with van der Waals surface area (Å²) in [6, 6.07) is 1.07. The van der Waals surface area contributed by atoms with E-state index in [2.05, 4.69) is 45.9 Å². The lowest BCUT2D eigenvalue weighted by molar-refractivity contribution is -0.143. The zero-order valence-electron chi connectivity index (χ0n) is 17.6. The molecule has 0 aliphatic carbocycles. The first-order chi connectivity index (χ1) is 11.8. The molecule has 0 aliphatic rings. The smallest absolute Gasteiger partial charge is 0.333 e. The molecular formula is C17H38O6Si3. The first kappa shape index (κ1) is 25.7. The van der Waals surface area contributed by atoms with Crippen LogP contribution in [0.4, 0.5) is 0 Å². The van der Waals surface area contributed by atoms with Crippen molar-refractivity contribution < 1.29 is 28.2 Å². The van der Waals surface area contributed by atoms with Gasteiger partial charge in [0.05, 0.1) is 16.1 Å². The molecule has 0 saturated heterocycles. The van der Waals surface area contributed by atoms with Gasteiger partial charge in [-0.15, -0.1) is 0 Å². The van der Waals surface area contributed by atoms with Gasteiger partial charge < -0.3 is 23.4 Å². The molecule has 0 spiro atoms. The van der Waals surface area contributed by atoms with Crippen molar-refractivity contribution in [3.8, 4) is 0 Å². The quantitative estimate of drug-likeness (QED) is 0.152. The highest BCUT2D eigenvalue weighted by Crippen LogP contribution is 2.14. The maximum Gasteiger partial charge on any atom is 0.333 e. The van der Waals surface area contributed by atoms with Gasteiger partial charge in [0.2, 0.25) is 0 Å². The molecule has 26 heavy (non-hydrogen) atoms. The Labute approximate surface area is 163 Å². The maximum atomic E-state index is 11.2. The minimum atomic E-state index is -1.62. The molecule has 0 aromatic carbocycles. The van der Waals surface area contributed by atoms with Gasteiger partial charge in [-0.2, -0.15) is 0 Å². The van der Waals surface area contributed by atoms with Gasteiger partial charge in [-0.05, 0) is 52.6 Å². The van der Waals surface area contributed by atoms with Gasteiger partial charge in [-0.3, -0.25) is 0 Å². The summed E-state index contributed by atoms with van der Waals surface area (Å²) in [7, 11) is -3.74. The average Bonchev–Trinajstić information content (AvgIpc) is 2.44. The van der Waals surface area contributed by atoms with E-state index < -0.39 is 38.2 Å². The van der Waals surface area contributed by atoms with Crippen molar-refractivity contribution in [2.75, 3.05) is 19.8 Å². The van der Waals surface area contributed by atoms with Crippen LogP contribution in [-0.4, -0.2) is 69.1 Å². The number of aliphatic hydroxyl groups excluding tert-OH is 1. The third kappa shape index (κ3) is 15.9. The summed E-state index contributed by atoms with van der Waals surface area (Å²) in [5.41, 5.74) is 0.318. The maximum absolute atomic E-state index is 11.2. The molecule has 1 atom stereocenters. The number of hydrogen-bond donors (Lipinski definition) is 1. The molecule has 1 unspecified atom stereocenters. The van der Waals surface area contributed by atoms with Crippen molar-refractivity contribution in [3.63, 3.8) is 0 Å². The third-order valence-electron chi connectivity index (χ3n) is 3.01. The molecule has 1 N–H and O–H groups in total. The molecule has 0 bridgehead atoms. The average molecular weight is 423 g/mol. The van der Waals surface area contributed by atoms with Crippen molar-refractivity contribution in [1.82, 2.24) is 0 Å². The Morgan fingerprint density at radius 3 is 2.08 bits per heavy atom. The molecule has 0 amide bonds. The standard InChI is InChI=1S/C17H38O6Si3/c1-14(2)16(19)21-13-15(18)12-20-10-9-11-24-17(22-25(3,4)5)23-26(6,7)8/h15,17-18H,1,9-13,24H2,2-8H3. The van der Waals surface area contributed by atoms with Crippen LogP contribution in [0.5, 0.6) is 0 Å². The first-order valence-electron chi connectivity index (χ1n) is 9.24. The van der Waals surface area contributed by atoms with Gasteiger partial charge in [-0.1, -0.05) is 12.6 Å². The first-order valence-corrected chi connectivity index (χ1v) is 17.9. The number of esters is 1. The molecule has 0 aliphatic heterocycles. The molecule has 9 heteroatoms. The van der Waals surface area contributed by atoms with Gasteiger partial charge in [0.1, 0.15) is 18.6 Å². The summed E-state index contributed by atoms with van der Waals surface area (Å²) < 4.78 is 22.8. The van der Waals surface area contributed by atoms with E-state index in [0.29, 0.717) is 12.2 Å². The second-order valence-corrected chi connectivity index (χ2v) is 19.4. The van der Waals surface area contributed by atoms with E-state index in [1.54, 1.807) is 6.92 Å². The Morgan fingerprint density at radius 2 is 1.62 bits per heavy atom. The molecule has 154 valence electrons. The summed E-state index contributed by atoms with van der Waals surface area (Å²) in [5.74, 6) is -0.494. The normalized spacial score (nSPS) is 14.2. The van der Waals surface area contributed by atoms with E-state index in [0.717, 1.165) is 12.5 Å². The van der Waals surface area contributed by atoms with E-state index in [1.165, 1.54) is 0 Å². The molecule has 0 fully saturated rings. The second kappa shape index (κ2) is 12.2. The fourth-order valence-corrected chi connectivity index (χ4v) is 8.55. The van der Waals surface area contributed by atoms with Crippen LogP contribution in [0.1, 0.15) is 13.3 Å². The van der Waals surface area contributed by atoms with Crippen LogP contribution in [-0.2, 0) is 23.1 Å². The van der Waals surface area contributed by atoms with Crippen LogP contribution in [0.15, 0.2) is 12.2 Å². The minimum absolute atomic E-state index is 0.000443. The third-order valence-corrected chi connectivity index (χ3v) is 7.33. The number of carbonyl (C=O) groups excluding carboxylic acids is 1. The lowest BCUT2D eigenvalue weighted by Gasteiger charge is -2.31. The van der Waals surface area contributed by atoms with Crippen LogP contribution in [0.25, 0.3) is 0 Å². The largest absolute Gasteiger partial charge is 0.460 e. The van der Waals surface area contributed by atoms with Gasteiger partial charge in [0.15, 0.2) is 16.6 Å². The molecular weight excluding hydrogens is 384 g/mol. The van der Waals surface area contributed by atoms with Gasteiger partial charge in [0, 0.05) is 12.2 Å². The fraction of sp³-hybridized carbons (Fsp3) is 0.824.